The van der Waals surface area contributed by atoms with E-state index in [2.05, 4.69) is 79.7 Å². The molecule has 2 unspecified atom stereocenters. The van der Waals surface area contributed by atoms with E-state index in [9.17, 15) is 0 Å². The fourth-order valence-corrected chi connectivity index (χ4v) is 17.0. The van der Waals surface area contributed by atoms with Gasteiger partial charge in [0.1, 0.15) is 0 Å². The summed E-state index contributed by atoms with van der Waals surface area (Å²) in [7, 11) is -1.21. The van der Waals surface area contributed by atoms with Crippen LogP contribution in [0.15, 0.2) is 24.3 Å². The summed E-state index contributed by atoms with van der Waals surface area (Å²) in [4.78, 5) is 0. The molecule has 8 heteroatoms. The van der Waals surface area contributed by atoms with Gasteiger partial charge in [-0.25, -0.2) is 0 Å². The maximum atomic E-state index is 6.57. The predicted molar refractivity (Wildman–Crippen MR) is 140 cm³/mol. The third kappa shape index (κ3) is 3.45. The molecule has 0 aliphatic carbocycles. The summed E-state index contributed by atoms with van der Waals surface area (Å²) in [5.41, 5.74) is 1.63. The van der Waals surface area contributed by atoms with Crippen LogP contribution in [0.2, 0.25) is 0 Å². The number of rotatable bonds is 4. The van der Waals surface area contributed by atoms with Crippen LogP contribution >= 0.6 is 15.8 Å². The van der Waals surface area contributed by atoms with Gasteiger partial charge >= 0.3 is 0 Å². The second kappa shape index (κ2) is 6.94. The van der Waals surface area contributed by atoms with Crippen molar-refractivity contribution in [2.45, 2.75) is 138 Å². The molecule has 1 aromatic carbocycles. The molecule has 0 amide bonds. The molecule has 8 saturated heterocycles. The Morgan fingerprint density at radius 3 is 1.11 bits per heavy atom. The van der Waals surface area contributed by atoms with Gasteiger partial charge in [0, 0.05) is 36.0 Å². The zero-order chi connectivity index (χ0) is 25.6. The summed E-state index contributed by atoms with van der Waals surface area (Å²) in [6.07, 6.45) is 5.66. The topological polar surface area (TPSA) is 55.4 Å². The molecule has 8 bridgehead atoms. The van der Waals surface area contributed by atoms with Gasteiger partial charge in [-0.1, -0.05) is 38.1 Å². The Labute approximate surface area is 217 Å². The Balaban J connectivity index is 1.21. The van der Waals surface area contributed by atoms with E-state index in [0.29, 0.717) is 0 Å². The molecule has 8 aliphatic rings. The van der Waals surface area contributed by atoms with Crippen LogP contribution in [0.1, 0.15) is 92.2 Å². The lowest BCUT2D eigenvalue weighted by Crippen LogP contribution is -2.71. The van der Waals surface area contributed by atoms with Crippen molar-refractivity contribution in [2.24, 2.45) is 0 Å². The zero-order valence-corrected chi connectivity index (χ0v) is 24.7. The minimum absolute atomic E-state index is 0.147. The Hall–Kier alpha value is -0.160. The molecule has 8 heterocycles. The Morgan fingerprint density at radius 1 is 0.528 bits per heavy atom. The predicted octanol–water partition coefficient (Wildman–Crippen LogP) is 7.12. The second-order valence-electron chi connectivity index (χ2n) is 13.6. The lowest BCUT2D eigenvalue weighted by molar-refractivity contribution is -0.501. The standard InChI is InChI=1S/C28H40O6P2/c1-21-15-23(3)29-24(4,16-21)32-27(7,31-23)35(21)13-19-11-9-10-12-20(19)14-36-22(2)17-25(5)30-26(6,18-22)34-28(36,8)33-25/h9-12H,13-18H2,1-8H3/t21?,22?,23-,24-,25-,26-,27?,28?,35?,36?/m0/s1. The molecule has 36 heavy (non-hydrogen) atoms. The van der Waals surface area contributed by atoms with Crippen molar-refractivity contribution in [1.29, 1.82) is 0 Å². The molecule has 0 radical (unpaired) electrons. The van der Waals surface area contributed by atoms with Gasteiger partial charge in [0.25, 0.3) is 0 Å². The van der Waals surface area contributed by atoms with E-state index < -0.39 is 50.0 Å². The van der Waals surface area contributed by atoms with E-state index in [1.165, 1.54) is 11.1 Å². The minimum Gasteiger partial charge on any atom is -0.319 e. The van der Waals surface area contributed by atoms with Crippen molar-refractivity contribution in [3.63, 3.8) is 0 Å². The molecule has 0 aromatic heterocycles. The van der Waals surface area contributed by atoms with Gasteiger partial charge in [-0.15, -0.1) is 0 Å². The number of ether oxygens (including phenoxy) is 6. The second-order valence-corrected chi connectivity index (χ2v) is 19.7. The van der Waals surface area contributed by atoms with E-state index in [4.69, 9.17) is 28.4 Å². The molecule has 8 fully saturated rings. The van der Waals surface area contributed by atoms with Gasteiger partial charge in [-0.2, -0.15) is 0 Å². The highest BCUT2D eigenvalue weighted by Gasteiger charge is 2.72. The molecular formula is C28H40O6P2. The van der Waals surface area contributed by atoms with Gasteiger partial charge < -0.3 is 28.4 Å². The smallest absolute Gasteiger partial charge is 0.191 e. The zero-order valence-electron chi connectivity index (χ0n) is 22.9. The average molecular weight is 535 g/mol. The highest BCUT2D eigenvalue weighted by molar-refractivity contribution is 7.60. The lowest BCUT2D eigenvalue weighted by atomic mass is 9.88. The quantitative estimate of drug-likeness (QED) is 0.384. The Kier molecular flexibility index (Phi) is 4.79. The number of hydrogen-bond acceptors (Lipinski definition) is 6. The summed E-state index contributed by atoms with van der Waals surface area (Å²) in [5, 5.41) is 0.294. The third-order valence-electron chi connectivity index (χ3n) is 9.35. The summed E-state index contributed by atoms with van der Waals surface area (Å²) in [6, 6.07) is 9.00. The first-order chi connectivity index (χ1) is 16.5. The first-order valence-electron chi connectivity index (χ1n) is 13.3. The summed E-state index contributed by atoms with van der Waals surface area (Å²) in [6.45, 7) is 17.5. The van der Waals surface area contributed by atoms with Crippen LogP contribution in [0.4, 0.5) is 0 Å². The molecule has 8 aliphatic heterocycles. The average Bonchev–Trinajstić information content (AvgIpc) is 2.63. The van der Waals surface area contributed by atoms with E-state index in [0.717, 1.165) is 38.0 Å². The van der Waals surface area contributed by atoms with Gasteiger partial charge in [-0.05, 0) is 80.8 Å². The fraction of sp³-hybridized carbons (Fsp3) is 0.786. The normalized spacial score (nSPS) is 58.6. The number of hydrogen-bond donors (Lipinski definition) is 0. The molecule has 6 nitrogen and oxygen atoms in total. The number of benzene rings is 1. The molecule has 1 aromatic rings. The summed E-state index contributed by atoms with van der Waals surface area (Å²) >= 11 is 0. The summed E-state index contributed by atoms with van der Waals surface area (Å²) < 4.78 is 38.8. The van der Waals surface area contributed by atoms with Crippen LogP contribution in [0.25, 0.3) is 0 Å². The van der Waals surface area contributed by atoms with Crippen molar-refractivity contribution < 1.29 is 28.4 Å². The lowest BCUT2D eigenvalue weighted by Gasteiger charge is -2.70. The van der Waals surface area contributed by atoms with Gasteiger partial charge in [0.2, 0.25) is 0 Å². The highest BCUT2D eigenvalue weighted by atomic mass is 31.1. The third-order valence-corrected chi connectivity index (χ3v) is 16.2. The monoisotopic (exact) mass is 534 g/mol. The molecule has 6 atom stereocenters. The van der Waals surface area contributed by atoms with Crippen molar-refractivity contribution in [1.82, 2.24) is 0 Å². The highest BCUT2D eigenvalue weighted by Crippen LogP contribution is 2.79. The van der Waals surface area contributed by atoms with Crippen molar-refractivity contribution >= 4 is 15.8 Å². The van der Waals surface area contributed by atoms with Gasteiger partial charge in [0.05, 0.1) is 0 Å². The molecule has 0 saturated carbocycles. The van der Waals surface area contributed by atoms with Crippen molar-refractivity contribution in [2.75, 3.05) is 0 Å². The SMILES string of the molecule is CC12C[C@]3(C)OC(C)(O[C@@](C)(C1)O3)P2Cc1ccccc1CP1C2(C)C[C@]3(C)OC1(C)O[C@@](C)(C2)O3. The molecular weight excluding hydrogens is 494 g/mol. The minimum atomic E-state index is -0.603. The van der Waals surface area contributed by atoms with Crippen LogP contribution in [0.3, 0.4) is 0 Å². The van der Waals surface area contributed by atoms with E-state index in [1.807, 2.05) is 0 Å². The molecule has 9 rings (SSSR count). The maximum absolute atomic E-state index is 6.57. The van der Waals surface area contributed by atoms with Gasteiger partial charge in [0.15, 0.2) is 34.2 Å². The van der Waals surface area contributed by atoms with E-state index in [-0.39, 0.29) is 10.3 Å². The van der Waals surface area contributed by atoms with Crippen LogP contribution in [0.5, 0.6) is 0 Å². The van der Waals surface area contributed by atoms with Gasteiger partial charge in [-0.3, -0.25) is 0 Å². The molecule has 0 spiro atoms. The Morgan fingerprint density at radius 2 is 0.833 bits per heavy atom. The summed E-state index contributed by atoms with van der Waals surface area (Å²) in [5.74, 6) is -2.27. The fourth-order valence-electron chi connectivity index (χ4n) is 9.28. The maximum Gasteiger partial charge on any atom is 0.191 e. The molecule has 198 valence electrons. The van der Waals surface area contributed by atoms with E-state index in [1.54, 1.807) is 0 Å². The van der Waals surface area contributed by atoms with Crippen LogP contribution in [-0.4, -0.2) is 44.5 Å². The van der Waals surface area contributed by atoms with Crippen LogP contribution in [0, 0.1) is 0 Å². The van der Waals surface area contributed by atoms with Crippen molar-refractivity contribution in [3.05, 3.63) is 35.4 Å². The van der Waals surface area contributed by atoms with E-state index >= 15 is 0 Å². The first-order valence-corrected chi connectivity index (χ1v) is 16.4. The Bertz CT molecular complexity index is 964. The van der Waals surface area contributed by atoms with Crippen LogP contribution in [-0.2, 0) is 40.7 Å². The molecule has 0 N–H and O–H groups in total. The van der Waals surface area contributed by atoms with Crippen LogP contribution < -0.4 is 0 Å². The first kappa shape index (κ1) is 24.9. The largest absolute Gasteiger partial charge is 0.319 e. The van der Waals surface area contributed by atoms with Crippen molar-refractivity contribution in [3.8, 4) is 0 Å².